The molecule has 0 amide bonds. The normalized spacial score (nSPS) is 11.5. The number of hydrogen-bond donors (Lipinski definition) is 1. The van der Waals surface area contributed by atoms with Gasteiger partial charge in [-0.05, 0) is 40.2 Å². The van der Waals surface area contributed by atoms with Crippen LogP contribution in [0.1, 0.15) is 41.6 Å². The molecular formula is C11H17NO2S. The lowest BCUT2D eigenvalue weighted by Gasteiger charge is -2.19. The molecule has 1 aromatic heterocycles. The summed E-state index contributed by atoms with van der Waals surface area (Å²) >= 11 is 1.43. The topological polar surface area (TPSA) is 52.3 Å². The van der Waals surface area contributed by atoms with Crippen molar-refractivity contribution in [3.63, 3.8) is 0 Å². The summed E-state index contributed by atoms with van der Waals surface area (Å²) in [5.74, 6) is -0.332. The molecule has 0 aliphatic carbocycles. The van der Waals surface area contributed by atoms with E-state index in [4.69, 9.17) is 10.5 Å². The molecule has 2 N–H and O–H groups in total. The van der Waals surface area contributed by atoms with Crippen molar-refractivity contribution < 1.29 is 9.53 Å². The first-order valence-electron chi connectivity index (χ1n) is 4.81. The van der Waals surface area contributed by atoms with Crippen LogP contribution in [0.15, 0.2) is 0 Å². The van der Waals surface area contributed by atoms with Gasteiger partial charge in [-0.3, -0.25) is 0 Å². The summed E-state index contributed by atoms with van der Waals surface area (Å²) in [6, 6.07) is 0. The summed E-state index contributed by atoms with van der Waals surface area (Å²) in [5.41, 5.74) is 6.74. The monoisotopic (exact) mass is 227 g/mol. The molecule has 1 rings (SSSR count). The van der Waals surface area contributed by atoms with Gasteiger partial charge in [-0.25, -0.2) is 4.79 Å². The molecule has 15 heavy (non-hydrogen) atoms. The number of anilines is 1. The fraction of sp³-hybridized carbons (Fsp3) is 0.545. The van der Waals surface area contributed by atoms with Crippen LogP contribution in [0.5, 0.6) is 0 Å². The number of hydrogen-bond acceptors (Lipinski definition) is 4. The summed E-state index contributed by atoms with van der Waals surface area (Å²) in [6.07, 6.45) is 0. The third kappa shape index (κ3) is 2.72. The van der Waals surface area contributed by atoms with E-state index in [0.717, 1.165) is 10.4 Å². The van der Waals surface area contributed by atoms with Gasteiger partial charge in [-0.2, -0.15) is 0 Å². The van der Waals surface area contributed by atoms with Gasteiger partial charge >= 0.3 is 5.97 Å². The predicted octanol–water partition coefficient (Wildman–Crippen LogP) is 2.90. The number of carbonyl (C=O) groups excluding carboxylic acids is 1. The Morgan fingerprint density at radius 1 is 1.33 bits per heavy atom. The van der Waals surface area contributed by atoms with Crippen molar-refractivity contribution in [3.8, 4) is 0 Å². The summed E-state index contributed by atoms with van der Waals surface area (Å²) in [6.45, 7) is 9.37. The Balaban J connectivity index is 3.02. The molecule has 0 radical (unpaired) electrons. The molecule has 0 aliphatic heterocycles. The number of thiophene rings is 1. The Hall–Kier alpha value is -1.03. The molecule has 0 aliphatic rings. The minimum Gasteiger partial charge on any atom is -0.456 e. The average Bonchev–Trinajstić information content (AvgIpc) is 2.22. The highest BCUT2D eigenvalue weighted by Crippen LogP contribution is 2.31. The SMILES string of the molecule is Cc1sc(N)c(C(=O)OC(C)(C)C)c1C. The molecule has 0 saturated carbocycles. The Kier molecular flexibility index (Phi) is 3.09. The molecule has 0 bridgehead atoms. The minimum atomic E-state index is -0.480. The van der Waals surface area contributed by atoms with Crippen molar-refractivity contribution in [2.75, 3.05) is 5.73 Å². The van der Waals surface area contributed by atoms with Crippen LogP contribution in [0.4, 0.5) is 5.00 Å². The molecule has 1 aromatic rings. The lowest BCUT2D eigenvalue weighted by molar-refractivity contribution is 0.00705. The number of carbonyl (C=O) groups is 1. The number of aryl methyl sites for hydroxylation is 1. The first-order valence-corrected chi connectivity index (χ1v) is 5.63. The zero-order chi connectivity index (χ0) is 11.8. The second kappa shape index (κ2) is 3.85. The van der Waals surface area contributed by atoms with E-state index in [-0.39, 0.29) is 5.97 Å². The highest BCUT2D eigenvalue weighted by atomic mass is 32.1. The quantitative estimate of drug-likeness (QED) is 0.750. The standard InChI is InChI=1S/C11H17NO2S/c1-6-7(2)15-9(12)8(6)10(13)14-11(3,4)5/h12H2,1-5H3. The van der Waals surface area contributed by atoms with Crippen molar-refractivity contribution >= 4 is 22.3 Å². The molecule has 0 fully saturated rings. The van der Waals surface area contributed by atoms with Gasteiger partial charge < -0.3 is 10.5 Å². The molecular weight excluding hydrogens is 210 g/mol. The fourth-order valence-electron chi connectivity index (χ4n) is 1.24. The van der Waals surface area contributed by atoms with Crippen molar-refractivity contribution in [1.82, 2.24) is 0 Å². The number of rotatable bonds is 1. The molecule has 0 spiro atoms. The molecule has 0 aromatic carbocycles. The molecule has 4 heteroatoms. The van der Waals surface area contributed by atoms with Gasteiger partial charge in [0.2, 0.25) is 0 Å². The van der Waals surface area contributed by atoms with Crippen molar-refractivity contribution in [2.24, 2.45) is 0 Å². The smallest absolute Gasteiger partial charge is 0.341 e. The number of esters is 1. The van der Waals surface area contributed by atoms with Crippen LogP contribution in [0.25, 0.3) is 0 Å². The first-order chi connectivity index (χ1) is 6.72. The van der Waals surface area contributed by atoms with E-state index in [1.165, 1.54) is 11.3 Å². The average molecular weight is 227 g/mol. The highest BCUT2D eigenvalue weighted by Gasteiger charge is 2.23. The van der Waals surface area contributed by atoms with Crippen LogP contribution in [-0.2, 0) is 4.74 Å². The predicted molar refractivity (Wildman–Crippen MR) is 63.4 cm³/mol. The molecule has 1 heterocycles. The molecule has 0 atom stereocenters. The van der Waals surface area contributed by atoms with Crippen molar-refractivity contribution in [1.29, 1.82) is 0 Å². The minimum absolute atomic E-state index is 0.332. The maximum absolute atomic E-state index is 11.8. The van der Waals surface area contributed by atoms with Crippen LogP contribution >= 0.6 is 11.3 Å². The molecule has 84 valence electrons. The Labute approximate surface area is 94.2 Å². The lowest BCUT2D eigenvalue weighted by atomic mass is 10.1. The third-order valence-electron chi connectivity index (χ3n) is 2.02. The highest BCUT2D eigenvalue weighted by molar-refractivity contribution is 7.16. The second-order valence-electron chi connectivity index (χ2n) is 4.52. The number of ether oxygens (including phenoxy) is 1. The lowest BCUT2D eigenvalue weighted by Crippen LogP contribution is -2.24. The summed E-state index contributed by atoms with van der Waals surface area (Å²) in [4.78, 5) is 12.9. The van der Waals surface area contributed by atoms with Crippen LogP contribution in [0.2, 0.25) is 0 Å². The van der Waals surface area contributed by atoms with E-state index in [2.05, 4.69) is 0 Å². The fourth-order valence-corrected chi connectivity index (χ4v) is 2.16. The van der Waals surface area contributed by atoms with Gasteiger partial charge in [0.15, 0.2) is 0 Å². The Morgan fingerprint density at radius 3 is 2.20 bits per heavy atom. The zero-order valence-corrected chi connectivity index (χ0v) is 10.6. The molecule has 0 unspecified atom stereocenters. The maximum Gasteiger partial charge on any atom is 0.341 e. The van der Waals surface area contributed by atoms with Gasteiger partial charge in [0.1, 0.15) is 10.6 Å². The summed E-state index contributed by atoms with van der Waals surface area (Å²) in [5, 5.41) is 0.541. The second-order valence-corrected chi connectivity index (χ2v) is 5.78. The van der Waals surface area contributed by atoms with Gasteiger partial charge in [-0.1, -0.05) is 0 Å². The largest absolute Gasteiger partial charge is 0.456 e. The van der Waals surface area contributed by atoms with Gasteiger partial charge in [0.05, 0.1) is 5.56 Å². The van der Waals surface area contributed by atoms with E-state index in [1.807, 2.05) is 34.6 Å². The Bertz CT molecular complexity index is 388. The number of nitrogen functional groups attached to an aromatic ring is 1. The van der Waals surface area contributed by atoms with E-state index in [1.54, 1.807) is 0 Å². The zero-order valence-electron chi connectivity index (χ0n) is 9.80. The maximum atomic E-state index is 11.8. The van der Waals surface area contributed by atoms with E-state index in [0.29, 0.717) is 10.6 Å². The first kappa shape index (κ1) is 12.0. The molecule has 0 saturated heterocycles. The van der Waals surface area contributed by atoms with Gasteiger partial charge in [0.25, 0.3) is 0 Å². The summed E-state index contributed by atoms with van der Waals surface area (Å²) < 4.78 is 5.29. The van der Waals surface area contributed by atoms with Crippen LogP contribution < -0.4 is 5.73 Å². The van der Waals surface area contributed by atoms with E-state index >= 15 is 0 Å². The van der Waals surface area contributed by atoms with E-state index < -0.39 is 5.60 Å². The summed E-state index contributed by atoms with van der Waals surface area (Å²) in [7, 11) is 0. The van der Waals surface area contributed by atoms with Crippen molar-refractivity contribution in [3.05, 3.63) is 16.0 Å². The molecule has 3 nitrogen and oxygen atoms in total. The van der Waals surface area contributed by atoms with Crippen LogP contribution in [-0.4, -0.2) is 11.6 Å². The van der Waals surface area contributed by atoms with Crippen LogP contribution in [0.3, 0.4) is 0 Å². The number of nitrogens with two attached hydrogens (primary N) is 1. The Morgan fingerprint density at radius 2 is 1.87 bits per heavy atom. The van der Waals surface area contributed by atoms with Gasteiger partial charge in [0, 0.05) is 4.88 Å². The van der Waals surface area contributed by atoms with E-state index in [9.17, 15) is 4.79 Å². The van der Waals surface area contributed by atoms with Crippen LogP contribution in [0, 0.1) is 13.8 Å². The third-order valence-corrected chi connectivity index (χ3v) is 3.05. The van der Waals surface area contributed by atoms with Gasteiger partial charge in [-0.15, -0.1) is 11.3 Å². The van der Waals surface area contributed by atoms with Crippen molar-refractivity contribution in [2.45, 2.75) is 40.2 Å².